The SMILES string of the molecule is COc1ccc(CCC(=O)N2CCCCC2c2cc(C(N)=O)n[nH]2)cc1. The number of aromatic nitrogens is 2. The minimum atomic E-state index is -0.569. The van der Waals surface area contributed by atoms with E-state index in [1.807, 2.05) is 29.2 Å². The molecule has 7 nitrogen and oxygen atoms in total. The van der Waals surface area contributed by atoms with Gasteiger partial charge in [-0.25, -0.2) is 0 Å². The van der Waals surface area contributed by atoms with Crippen molar-refractivity contribution in [1.29, 1.82) is 0 Å². The summed E-state index contributed by atoms with van der Waals surface area (Å²) in [7, 11) is 1.63. The molecule has 1 aliphatic heterocycles. The minimum Gasteiger partial charge on any atom is -0.497 e. The number of nitrogens with two attached hydrogens (primary N) is 1. The number of piperidine rings is 1. The van der Waals surface area contributed by atoms with Gasteiger partial charge < -0.3 is 15.4 Å². The number of primary amides is 1. The van der Waals surface area contributed by atoms with Gasteiger partial charge in [0.15, 0.2) is 0 Å². The van der Waals surface area contributed by atoms with Crippen molar-refractivity contribution in [1.82, 2.24) is 15.1 Å². The average molecular weight is 356 g/mol. The van der Waals surface area contributed by atoms with Crippen molar-refractivity contribution in [2.45, 2.75) is 38.1 Å². The molecule has 0 radical (unpaired) electrons. The Kier molecular flexibility index (Phi) is 5.55. The van der Waals surface area contributed by atoms with Gasteiger partial charge in [-0.3, -0.25) is 14.7 Å². The van der Waals surface area contributed by atoms with Crippen molar-refractivity contribution < 1.29 is 14.3 Å². The molecule has 2 amide bonds. The number of ether oxygens (including phenoxy) is 1. The zero-order valence-electron chi connectivity index (χ0n) is 14.9. The number of amides is 2. The third-order valence-electron chi connectivity index (χ3n) is 4.82. The van der Waals surface area contributed by atoms with Crippen LogP contribution in [0.5, 0.6) is 5.75 Å². The first kappa shape index (κ1) is 18.0. The van der Waals surface area contributed by atoms with E-state index in [0.29, 0.717) is 12.8 Å². The molecular formula is C19H24N4O3. The molecule has 138 valence electrons. The predicted octanol–water partition coefficient (Wildman–Crippen LogP) is 2.20. The van der Waals surface area contributed by atoms with E-state index in [9.17, 15) is 9.59 Å². The molecule has 26 heavy (non-hydrogen) atoms. The number of H-pyrrole nitrogens is 1. The van der Waals surface area contributed by atoms with E-state index in [1.54, 1.807) is 13.2 Å². The standard InChI is InChI=1S/C19H24N4O3/c1-26-14-8-5-13(6-9-14)7-10-18(24)23-11-3-2-4-17(23)15-12-16(19(20)25)22-21-15/h5-6,8-9,12,17H,2-4,7,10-11H2,1H3,(H2,20,25)(H,21,22). The average Bonchev–Trinajstić information content (AvgIpc) is 3.17. The lowest BCUT2D eigenvalue weighted by molar-refractivity contribution is -0.135. The Morgan fingerprint density at radius 2 is 2.08 bits per heavy atom. The molecule has 0 aliphatic carbocycles. The molecule has 0 spiro atoms. The molecule has 3 rings (SSSR count). The molecule has 7 heteroatoms. The number of nitrogens with zero attached hydrogens (tertiary/aromatic N) is 2. The summed E-state index contributed by atoms with van der Waals surface area (Å²) in [5.41, 5.74) is 7.35. The molecule has 3 N–H and O–H groups in total. The monoisotopic (exact) mass is 356 g/mol. The number of hydrogen-bond donors (Lipinski definition) is 2. The fraction of sp³-hybridized carbons (Fsp3) is 0.421. The Morgan fingerprint density at radius 1 is 1.31 bits per heavy atom. The molecular weight excluding hydrogens is 332 g/mol. The van der Waals surface area contributed by atoms with Crippen LogP contribution in [0.25, 0.3) is 0 Å². The predicted molar refractivity (Wildman–Crippen MR) is 96.7 cm³/mol. The number of carbonyl (C=O) groups is 2. The van der Waals surface area contributed by atoms with Crippen molar-refractivity contribution in [2.75, 3.05) is 13.7 Å². The van der Waals surface area contributed by atoms with Gasteiger partial charge in [0.2, 0.25) is 5.91 Å². The maximum absolute atomic E-state index is 12.8. The van der Waals surface area contributed by atoms with Crippen LogP contribution in [0.1, 0.15) is 53.5 Å². The summed E-state index contributed by atoms with van der Waals surface area (Å²) in [6.07, 6.45) is 4.01. The van der Waals surface area contributed by atoms with Gasteiger partial charge in [-0.2, -0.15) is 5.10 Å². The lowest BCUT2D eigenvalue weighted by Gasteiger charge is -2.35. The van der Waals surface area contributed by atoms with E-state index >= 15 is 0 Å². The Bertz CT molecular complexity index is 769. The molecule has 1 aromatic heterocycles. The molecule has 1 saturated heterocycles. The van der Waals surface area contributed by atoms with Gasteiger partial charge in [-0.05, 0) is 49.4 Å². The first-order valence-electron chi connectivity index (χ1n) is 8.86. The molecule has 1 atom stereocenters. The number of methoxy groups -OCH3 is 1. The highest BCUT2D eigenvalue weighted by atomic mass is 16.5. The summed E-state index contributed by atoms with van der Waals surface area (Å²) < 4.78 is 5.15. The Hall–Kier alpha value is -2.83. The summed E-state index contributed by atoms with van der Waals surface area (Å²) in [4.78, 5) is 26.0. The van der Waals surface area contributed by atoms with Gasteiger partial charge in [0, 0.05) is 13.0 Å². The number of hydrogen-bond acceptors (Lipinski definition) is 4. The van der Waals surface area contributed by atoms with Gasteiger partial charge in [-0.15, -0.1) is 0 Å². The highest BCUT2D eigenvalue weighted by molar-refractivity contribution is 5.90. The third kappa shape index (κ3) is 4.04. The molecule has 2 aromatic rings. The van der Waals surface area contributed by atoms with E-state index < -0.39 is 5.91 Å². The van der Waals surface area contributed by atoms with Crippen LogP contribution < -0.4 is 10.5 Å². The van der Waals surface area contributed by atoms with Crippen LogP contribution in [0.4, 0.5) is 0 Å². The summed E-state index contributed by atoms with van der Waals surface area (Å²) in [5.74, 6) is 0.349. The van der Waals surface area contributed by atoms with E-state index in [4.69, 9.17) is 10.5 Å². The fourth-order valence-electron chi connectivity index (χ4n) is 3.37. The second-order valence-electron chi connectivity index (χ2n) is 6.52. The number of likely N-dealkylation sites (tertiary alicyclic amines) is 1. The van der Waals surface area contributed by atoms with Crippen molar-refractivity contribution in [3.05, 3.63) is 47.3 Å². The van der Waals surface area contributed by atoms with Crippen LogP contribution in [-0.2, 0) is 11.2 Å². The molecule has 0 bridgehead atoms. The summed E-state index contributed by atoms with van der Waals surface area (Å²) in [5, 5.41) is 6.81. The Morgan fingerprint density at radius 3 is 2.73 bits per heavy atom. The van der Waals surface area contributed by atoms with E-state index in [-0.39, 0.29) is 17.6 Å². The van der Waals surface area contributed by atoms with Gasteiger partial charge in [0.05, 0.1) is 18.8 Å². The lowest BCUT2D eigenvalue weighted by Crippen LogP contribution is -2.38. The van der Waals surface area contributed by atoms with E-state index in [1.165, 1.54) is 0 Å². The smallest absolute Gasteiger partial charge is 0.269 e. The lowest BCUT2D eigenvalue weighted by atomic mass is 9.98. The van der Waals surface area contributed by atoms with E-state index in [0.717, 1.165) is 42.8 Å². The molecule has 1 fully saturated rings. The second kappa shape index (κ2) is 8.03. The maximum atomic E-state index is 12.8. The second-order valence-corrected chi connectivity index (χ2v) is 6.52. The number of carbonyl (C=O) groups excluding carboxylic acids is 2. The topological polar surface area (TPSA) is 101 Å². The van der Waals surface area contributed by atoms with Crippen molar-refractivity contribution in [2.24, 2.45) is 5.73 Å². The van der Waals surface area contributed by atoms with E-state index in [2.05, 4.69) is 10.2 Å². The largest absolute Gasteiger partial charge is 0.497 e. The normalized spacial score (nSPS) is 17.1. The molecule has 1 aliphatic rings. The molecule has 1 aromatic carbocycles. The highest BCUT2D eigenvalue weighted by Gasteiger charge is 2.29. The number of aromatic amines is 1. The van der Waals surface area contributed by atoms with Gasteiger partial charge in [0.1, 0.15) is 11.4 Å². The molecule has 2 heterocycles. The van der Waals surface area contributed by atoms with Crippen LogP contribution in [-0.4, -0.2) is 40.6 Å². The Labute approximate surface area is 152 Å². The fourth-order valence-corrected chi connectivity index (χ4v) is 3.37. The van der Waals surface area contributed by atoms with Crippen LogP contribution in [0, 0.1) is 0 Å². The van der Waals surface area contributed by atoms with Crippen LogP contribution in [0.2, 0.25) is 0 Å². The minimum absolute atomic E-state index is 0.0762. The molecule has 0 saturated carbocycles. The third-order valence-corrected chi connectivity index (χ3v) is 4.82. The van der Waals surface area contributed by atoms with Crippen LogP contribution >= 0.6 is 0 Å². The zero-order chi connectivity index (χ0) is 18.5. The number of benzene rings is 1. The number of rotatable bonds is 6. The van der Waals surface area contributed by atoms with Gasteiger partial charge in [0.25, 0.3) is 5.91 Å². The number of nitrogens with one attached hydrogen (secondary N) is 1. The Balaban J connectivity index is 1.65. The molecule has 1 unspecified atom stereocenters. The van der Waals surface area contributed by atoms with Crippen molar-refractivity contribution >= 4 is 11.8 Å². The summed E-state index contributed by atoms with van der Waals surface area (Å²) in [6, 6.07) is 9.34. The highest BCUT2D eigenvalue weighted by Crippen LogP contribution is 2.30. The number of aryl methyl sites for hydroxylation is 1. The quantitative estimate of drug-likeness (QED) is 0.828. The first-order valence-corrected chi connectivity index (χ1v) is 8.86. The summed E-state index contributed by atoms with van der Waals surface area (Å²) in [6.45, 7) is 0.719. The zero-order valence-corrected chi connectivity index (χ0v) is 14.9. The van der Waals surface area contributed by atoms with Gasteiger partial charge >= 0.3 is 0 Å². The van der Waals surface area contributed by atoms with Crippen molar-refractivity contribution in [3.63, 3.8) is 0 Å². The van der Waals surface area contributed by atoms with Crippen molar-refractivity contribution in [3.8, 4) is 5.75 Å². The first-order chi connectivity index (χ1) is 12.6. The summed E-state index contributed by atoms with van der Waals surface area (Å²) >= 11 is 0. The van der Waals surface area contributed by atoms with Gasteiger partial charge in [-0.1, -0.05) is 12.1 Å². The van der Waals surface area contributed by atoms with Crippen LogP contribution in [0.3, 0.4) is 0 Å². The van der Waals surface area contributed by atoms with Crippen LogP contribution in [0.15, 0.2) is 30.3 Å². The maximum Gasteiger partial charge on any atom is 0.269 e.